The minimum absolute atomic E-state index is 0.0903. The van der Waals surface area contributed by atoms with Gasteiger partial charge in [-0.3, -0.25) is 4.90 Å². The van der Waals surface area contributed by atoms with Gasteiger partial charge in [-0.25, -0.2) is 4.79 Å². The van der Waals surface area contributed by atoms with Gasteiger partial charge < -0.3 is 4.74 Å². The highest BCUT2D eigenvalue weighted by Gasteiger charge is 2.21. The maximum absolute atomic E-state index is 11.9. The first-order valence-corrected chi connectivity index (χ1v) is 9.67. The first-order chi connectivity index (χ1) is 11.1. The van der Waals surface area contributed by atoms with Gasteiger partial charge in [0.25, 0.3) is 0 Å². The normalized spacial score (nSPS) is 12.4. The van der Waals surface area contributed by atoms with Crippen LogP contribution in [0.1, 0.15) is 91.9 Å². The summed E-state index contributed by atoms with van der Waals surface area (Å²) in [5, 5.41) is 0. The Balaban J connectivity index is 4.61. The van der Waals surface area contributed by atoms with E-state index in [4.69, 9.17) is 4.74 Å². The Morgan fingerprint density at radius 2 is 1.43 bits per heavy atom. The van der Waals surface area contributed by atoms with Gasteiger partial charge >= 0.3 is 5.97 Å². The molecule has 0 amide bonds. The average Bonchev–Trinajstić information content (AvgIpc) is 2.52. The van der Waals surface area contributed by atoms with Crippen molar-refractivity contribution in [2.45, 2.75) is 98.1 Å². The number of ether oxygens (including phenoxy) is 1. The lowest BCUT2D eigenvalue weighted by atomic mass is 10.1. The zero-order valence-corrected chi connectivity index (χ0v) is 16.0. The van der Waals surface area contributed by atoms with Crippen molar-refractivity contribution < 1.29 is 9.53 Å². The van der Waals surface area contributed by atoms with Crippen LogP contribution < -0.4 is 0 Å². The summed E-state index contributed by atoms with van der Waals surface area (Å²) in [6.07, 6.45) is 11.8. The number of nitrogens with zero attached hydrogens (tertiary/aromatic N) is 1. The quantitative estimate of drug-likeness (QED) is 0.167. The van der Waals surface area contributed by atoms with Crippen molar-refractivity contribution in [1.82, 2.24) is 4.90 Å². The van der Waals surface area contributed by atoms with E-state index < -0.39 is 0 Å². The highest BCUT2D eigenvalue weighted by molar-refractivity contribution is 5.87. The third kappa shape index (κ3) is 11.4. The summed E-state index contributed by atoms with van der Waals surface area (Å²) < 4.78 is 5.72. The van der Waals surface area contributed by atoms with Gasteiger partial charge in [0.1, 0.15) is 0 Å². The molecule has 1 atom stereocenters. The number of rotatable bonds is 15. The molecule has 0 saturated carbocycles. The fourth-order valence-electron chi connectivity index (χ4n) is 2.67. The molecule has 0 spiro atoms. The second kappa shape index (κ2) is 14.7. The van der Waals surface area contributed by atoms with Crippen LogP contribution >= 0.6 is 0 Å². The molecule has 3 nitrogen and oxygen atoms in total. The molecule has 1 unspecified atom stereocenters. The van der Waals surface area contributed by atoms with E-state index in [2.05, 4.69) is 32.3 Å². The zero-order valence-electron chi connectivity index (χ0n) is 16.0. The van der Waals surface area contributed by atoms with Gasteiger partial charge in [-0.15, -0.1) is 0 Å². The largest absolute Gasteiger partial charge is 0.443 e. The fraction of sp³-hybridized carbons (Fsp3) is 0.850. The van der Waals surface area contributed by atoms with Crippen molar-refractivity contribution in [3.05, 3.63) is 12.2 Å². The number of unbranched alkanes of at least 4 members (excludes halogenated alkanes) is 6. The second-order valence-electron chi connectivity index (χ2n) is 6.59. The van der Waals surface area contributed by atoms with Crippen molar-refractivity contribution in [1.29, 1.82) is 0 Å². The van der Waals surface area contributed by atoms with E-state index in [1.54, 1.807) is 6.92 Å². The van der Waals surface area contributed by atoms with E-state index >= 15 is 0 Å². The first-order valence-electron chi connectivity index (χ1n) is 9.67. The molecule has 0 radical (unpaired) electrons. The summed E-state index contributed by atoms with van der Waals surface area (Å²) in [5.74, 6) is -0.254. The van der Waals surface area contributed by atoms with Crippen molar-refractivity contribution in [2.75, 3.05) is 13.1 Å². The Labute approximate surface area is 144 Å². The molecule has 0 N–H and O–H groups in total. The maximum Gasteiger partial charge on any atom is 0.334 e. The first kappa shape index (κ1) is 22.2. The molecule has 0 aromatic heterocycles. The van der Waals surface area contributed by atoms with Crippen LogP contribution in [0.3, 0.4) is 0 Å². The molecular weight excluding hydrogens is 286 g/mol. The van der Waals surface area contributed by atoms with Gasteiger partial charge in [-0.05, 0) is 26.2 Å². The second-order valence-corrected chi connectivity index (χ2v) is 6.59. The van der Waals surface area contributed by atoms with Crippen LogP contribution in [0.15, 0.2) is 12.2 Å². The minimum Gasteiger partial charge on any atom is -0.443 e. The average molecular weight is 326 g/mol. The van der Waals surface area contributed by atoms with Crippen LogP contribution in [0, 0.1) is 0 Å². The van der Waals surface area contributed by atoms with Crippen molar-refractivity contribution in [3.8, 4) is 0 Å². The summed E-state index contributed by atoms with van der Waals surface area (Å²) in [6.45, 7) is 14.1. The van der Waals surface area contributed by atoms with Gasteiger partial charge in [-0.2, -0.15) is 0 Å². The summed E-state index contributed by atoms with van der Waals surface area (Å²) >= 11 is 0. The lowest BCUT2D eigenvalue weighted by Crippen LogP contribution is -2.40. The third-order valence-electron chi connectivity index (χ3n) is 4.13. The van der Waals surface area contributed by atoms with Crippen LogP contribution in [0.4, 0.5) is 0 Å². The molecule has 0 heterocycles. The Hall–Kier alpha value is -0.830. The van der Waals surface area contributed by atoms with Crippen LogP contribution in [0.25, 0.3) is 0 Å². The molecule has 23 heavy (non-hydrogen) atoms. The van der Waals surface area contributed by atoms with Crippen LogP contribution in [0.2, 0.25) is 0 Å². The number of hydrogen-bond acceptors (Lipinski definition) is 3. The molecule has 3 heteroatoms. The van der Waals surface area contributed by atoms with Gasteiger partial charge in [0.05, 0.1) is 0 Å². The van der Waals surface area contributed by atoms with Gasteiger partial charge in [0, 0.05) is 18.7 Å². The SMILES string of the molecule is C=C(C)C(=O)OC(CCC)N(CCCCCC)CCCCCC. The number of carbonyl (C=O) groups excluding carboxylic acids is 1. The molecule has 0 aromatic rings. The zero-order chi connectivity index (χ0) is 17.5. The fourth-order valence-corrected chi connectivity index (χ4v) is 2.67. The summed E-state index contributed by atoms with van der Waals surface area (Å²) in [4.78, 5) is 14.3. The van der Waals surface area contributed by atoms with Crippen molar-refractivity contribution >= 4 is 5.97 Å². The molecule has 0 aromatic carbocycles. The molecule has 0 aliphatic carbocycles. The van der Waals surface area contributed by atoms with E-state index in [0.717, 1.165) is 25.9 Å². The molecule has 0 bridgehead atoms. The third-order valence-corrected chi connectivity index (χ3v) is 4.13. The molecule has 136 valence electrons. The molecule has 0 fully saturated rings. The standard InChI is InChI=1S/C20H39NO2/c1-6-9-11-13-16-21(17-14-12-10-7-2)19(15-8-3)23-20(22)18(4)5/h19H,4,6-17H2,1-3,5H3. The smallest absolute Gasteiger partial charge is 0.334 e. The maximum atomic E-state index is 11.9. The van der Waals surface area contributed by atoms with Gasteiger partial charge in [-0.1, -0.05) is 72.3 Å². The lowest BCUT2D eigenvalue weighted by molar-refractivity contribution is -0.155. The lowest BCUT2D eigenvalue weighted by Gasteiger charge is -2.31. The van der Waals surface area contributed by atoms with E-state index in [9.17, 15) is 4.79 Å². The highest BCUT2D eigenvalue weighted by atomic mass is 16.6. The Bertz CT molecular complexity index is 303. The monoisotopic (exact) mass is 325 g/mol. The van der Waals surface area contributed by atoms with Crippen molar-refractivity contribution in [2.24, 2.45) is 0 Å². The van der Waals surface area contributed by atoms with Crippen LogP contribution in [0.5, 0.6) is 0 Å². The van der Waals surface area contributed by atoms with E-state index in [-0.39, 0.29) is 12.2 Å². The van der Waals surface area contributed by atoms with E-state index in [0.29, 0.717) is 5.57 Å². The van der Waals surface area contributed by atoms with Crippen LogP contribution in [-0.2, 0) is 9.53 Å². The molecule has 0 aliphatic heterocycles. The molecule has 0 aliphatic rings. The predicted molar refractivity (Wildman–Crippen MR) is 99.5 cm³/mol. The topological polar surface area (TPSA) is 29.5 Å². The number of carbonyl (C=O) groups is 1. The predicted octanol–water partition coefficient (Wildman–Crippen LogP) is 5.69. The number of esters is 1. The van der Waals surface area contributed by atoms with Gasteiger partial charge in [0.2, 0.25) is 0 Å². The Kier molecular flexibility index (Phi) is 14.2. The Morgan fingerprint density at radius 3 is 1.83 bits per heavy atom. The summed E-state index contributed by atoms with van der Waals surface area (Å²) in [5.41, 5.74) is 0.489. The molecule has 0 saturated heterocycles. The number of hydrogen-bond donors (Lipinski definition) is 0. The molecule has 0 rings (SSSR count). The minimum atomic E-state index is -0.254. The molecular formula is C20H39NO2. The Morgan fingerprint density at radius 1 is 0.913 bits per heavy atom. The summed E-state index contributed by atoms with van der Waals surface area (Å²) in [7, 11) is 0. The van der Waals surface area contributed by atoms with Gasteiger partial charge in [0.15, 0.2) is 6.23 Å². The van der Waals surface area contributed by atoms with Crippen LogP contribution in [-0.4, -0.2) is 30.2 Å². The summed E-state index contributed by atoms with van der Waals surface area (Å²) in [6, 6.07) is 0. The van der Waals surface area contributed by atoms with Crippen molar-refractivity contribution in [3.63, 3.8) is 0 Å². The highest BCUT2D eigenvalue weighted by Crippen LogP contribution is 2.15. The van der Waals surface area contributed by atoms with E-state index in [1.165, 1.54) is 51.4 Å². The van der Waals surface area contributed by atoms with E-state index in [1.807, 2.05) is 0 Å².